The first-order valence-electron chi connectivity index (χ1n) is 5.75. The zero-order valence-electron chi connectivity index (χ0n) is 11.0. The Kier molecular flexibility index (Phi) is 3.46. The molecule has 0 bridgehead atoms. The summed E-state index contributed by atoms with van der Waals surface area (Å²) in [6.45, 7) is 3.67. The minimum Gasteiger partial charge on any atom is -0.496 e. The maximum Gasteiger partial charge on any atom is 0.356 e. The van der Waals surface area contributed by atoms with Crippen molar-refractivity contribution in [2.24, 2.45) is 0 Å². The molecule has 0 aliphatic carbocycles. The number of benzene rings is 1. The summed E-state index contributed by atoms with van der Waals surface area (Å²) in [4.78, 5) is 10.9. The molecule has 1 N–H and O–H groups in total. The van der Waals surface area contributed by atoms with Crippen LogP contribution in [-0.4, -0.2) is 28.4 Å². The van der Waals surface area contributed by atoms with Crippen molar-refractivity contribution in [3.63, 3.8) is 0 Å². The molecule has 0 unspecified atom stereocenters. The molecule has 1 heterocycles. The van der Waals surface area contributed by atoms with Gasteiger partial charge in [0.05, 0.1) is 12.8 Å². The lowest BCUT2D eigenvalue weighted by atomic mass is 10.1. The van der Waals surface area contributed by atoms with Gasteiger partial charge in [0.2, 0.25) is 0 Å². The number of ether oxygens (including phenoxy) is 1. The van der Waals surface area contributed by atoms with Crippen LogP contribution in [0.3, 0.4) is 0 Å². The van der Waals surface area contributed by atoms with E-state index in [1.54, 1.807) is 20.1 Å². The Bertz CT molecular complexity index is 639. The molecule has 0 radical (unpaired) electrons. The second kappa shape index (κ2) is 5.06. The fourth-order valence-corrected chi connectivity index (χ4v) is 1.85. The third kappa shape index (κ3) is 2.54. The van der Waals surface area contributed by atoms with Gasteiger partial charge in [-0.2, -0.15) is 0 Å². The van der Waals surface area contributed by atoms with Crippen molar-refractivity contribution >= 4 is 5.97 Å². The Morgan fingerprint density at radius 2 is 1.95 bits per heavy atom. The smallest absolute Gasteiger partial charge is 0.356 e. The molecule has 0 aliphatic rings. The summed E-state index contributed by atoms with van der Waals surface area (Å²) >= 11 is 0. The van der Waals surface area contributed by atoms with Crippen LogP contribution in [0.2, 0.25) is 0 Å². The quantitative estimate of drug-likeness (QED) is 0.915. The molecule has 0 spiro atoms. The summed E-state index contributed by atoms with van der Waals surface area (Å²) in [5, 5.41) is 16.7. The topological polar surface area (TPSA) is 72.3 Å². The number of carboxylic acids is 1. The van der Waals surface area contributed by atoms with E-state index in [2.05, 4.69) is 10.2 Å². The highest BCUT2D eigenvalue weighted by atomic mass is 16.5. The van der Waals surface area contributed by atoms with Gasteiger partial charge in [-0.15, -0.1) is 10.2 Å². The van der Waals surface area contributed by atoms with E-state index < -0.39 is 5.97 Å². The van der Waals surface area contributed by atoms with Gasteiger partial charge in [0.1, 0.15) is 5.75 Å². The van der Waals surface area contributed by atoms with Crippen molar-refractivity contribution in [1.29, 1.82) is 0 Å². The molecular formula is C14H14N2O3. The molecule has 0 atom stereocenters. The molecule has 0 fully saturated rings. The van der Waals surface area contributed by atoms with Gasteiger partial charge in [-0.3, -0.25) is 0 Å². The van der Waals surface area contributed by atoms with Crippen LogP contribution in [0.15, 0.2) is 24.3 Å². The predicted molar refractivity (Wildman–Crippen MR) is 70.5 cm³/mol. The SMILES string of the molecule is COc1ccc(C)cc1-c1cc(C)c(C(=O)O)nn1. The summed E-state index contributed by atoms with van der Waals surface area (Å²) in [6.07, 6.45) is 0. The van der Waals surface area contributed by atoms with Crippen molar-refractivity contribution in [2.75, 3.05) is 7.11 Å². The Morgan fingerprint density at radius 1 is 1.21 bits per heavy atom. The highest BCUT2D eigenvalue weighted by molar-refractivity contribution is 5.87. The second-order valence-electron chi connectivity index (χ2n) is 4.27. The number of hydrogen-bond donors (Lipinski definition) is 1. The molecule has 2 aromatic rings. The predicted octanol–water partition coefficient (Wildman–Crippen LogP) is 2.47. The van der Waals surface area contributed by atoms with E-state index in [4.69, 9.17) is 9.84 Å². The Morgan fingerprint density at radius 3 is 2.53 bits per heavy atom. The lowest BCUT2D eigenvalue weighted by Crippen LogP contribution is -2.06. The second-order valence-corrected chi connectivity index (χ2v) is 4.27. The van der Waals surface area contributed by atoms with Crippen LogP contribution >= 0.6 is 0 Å². The van der Waals surface area contributed by atoms with Crippen LogP contribution in [0.5, 0.6) is 5.75 Å². The molecule has 0 saturated heterocycles. The zero-order chi connectivity index (χ0) is 14.0. The summed E-state index contributed by atoms with van der Waals surface area (Å²) < 4.78 is 5.29. The molecule has 5 heteroatoms. The number of nitrogens with zero attached hydrogens (tertiary/aromatic N) is 2. The van der Waals surface area contributed by atoms with E-state index in [-0.39, 0.29) is 5.69 Å². The summed E-state index contributed by atoms with van der Waals surface area (Å²) in [5.74, 6) is -0.393. The minimum atomic E-state index is -1.08. The van der Waals surface area contributed by atoms with E-state index in [0.717, 1.165) is 11.1 Å². The normalized spacial score (nSPS) is 10.3. The molecule has 1 aromatic heterocycles. The highest BCUT2D eigenvalue weighted by Gasteiger charge is 2.14. The number of aromatic carboxylic acids is 1. The van der Waals surface area contributed by atoms with Gasteiger partial charge in [0, 0.05) is 5.56 Å². The van der Waals surface area contributed by atoms with Crippen LogP contribution in [0.4, 0.5) is 0 Å². The minimum absolute atomic E-state index is 0.0321. The van der Waals surface area contributed by atoms with E-state index in [9.17, 15) is 4.79 Å². The van der Waals surface area contributed by atoms with Crippen LogP contribution in [0.1, 0.15) is 21.6 Å². The number of carbonyl (C=O) groups is 1. The zero-order valence-corrected chi connectivity index (χ0v) is 11.0. The molecule has 2 rings (SSSR count). The van der Waals surface area contributed by atoms with E-state index >= 15 is 0 Å². The van der Waals surface area contributed by atoms with Crippen LogP contribution < -0.4 is 4.74 Å². The summed E-state index contributed by atoms with van der Waals surface area (Å²) in [7, 11) is 1.58. The number of hydrogen-bond acceptors (Lipinski definition) is 4. The fourth-order valence-electron chi connectivity index (χ4n) is 1.85. The van der Waals surface area contributed by atoms with Gasteiger partial charge >= 0.3 is 5.97 Å². The molecule has 0 saturated carbocycles. The Balaban J connectivity index is 2.56. The van der Waals surface area contributed by atoms with Gasteiger partial charge in [0.25, 0.3) is 0 Å². The Hall–Kier alpha value is -2.43. The van der Waals surface area contributed by atoms with Crippen molar-refractivity contribution < 1.29 is 14.6 Å². The largest absolute Gasteiger partial charge is 0.496 e. The van der Waals surface area contributed by atoms with Crippen LogP contribution in [0, 0.1) is 13.8 Å². The average molecular weight is 258 g/mol. The van der Waals surface area contributed by atoms with Crippen molar-refractivity contribution in [2.45, 2.75) is 13.8 Å². The van der Waals surface area contributed by atoms with Gasteiger partial charge in [0.15, 0.2) is 5.69 Å². The molecule has 0 aliphatic heterocycles. The monoisotopic (exact) mass is 258 g/mol. The van der Waals surface area contributed by atoms with Crippen molar-refractivity contribution in [1.82, 2.24) is 10.2 Å². The Labute approximate surface area is 110 Å². The van der Waals surface area contributed by atoms with Gasteiger partial charge in [-0.05, 0) is 37.6 Å². The molecule has 19 heavy (non-hydrogen) atoms. The molecule has 1 aromatic carbocycles. The standard InChI is InChI=1S/C14H14N2O3/c1-8-4-5-12(19-3)10(6-8)11-7-9(2)13(14(17)18)16-15-11/h4-7H,1-3H3,(H,17,18). The average Bonchev–Trinajstić information content (AvgIpc) is 2.38. The molecule has 5 nitrogen and oxygen atoms in total. The van der Waals surface area contributed by atoms with Crippen molar-refractivity contribution in [3.8, 4) is 17.0 Å². The maximum atomic E-state index is 10.9. The van der Waals surface area contributed by atoms with Gasteiger partial charge in [-0.25, -0.2) is 4.79 Å². The maximum absolute atomic E-state index is 10.9. The van der Waals surface area contributed by atoms with Crippen LogP contribution in [-0.2, 0) is 0 Å². The number of carboxylic acid groups (broad SMARTS) is 1. The number of rotatable bonds is 3. The van der Waals surface area contributed by atoms with Crippen molar-refractivity contribution in [3.05, 3.63) is 41.1 Å². The fraction of sp³-hybridized carbons (Fsp3) is 0.214. The first-order valence-corrected chi connectivity index (χ1v) is 5.75. The van der Waals surface area contributed by atoms with Gasteiger partial charge in [-0.1, -0.05) is 11.6 Å². The highest BCUT2D eigenvalue weighted by Crippen LogP contribution is 2.29. The molecular weight excluding hydrogens is 244 g/mol. The lowest BCUT2D eigenvalue weighted by molar-refractivity contribution is 0.0688. The lowest BCUT2D eigenvalue weighted by Gasteiger charge is -2.09. The number of aryl methyl sites for hydroxylation is 2. The summed E-state index contributed by atoms with van der Waals surface area (Å²) in [6, 6.07) is 7.43. The van der Waals surface area contributed by atoms with E-state index in [1.165, 1.54) is 0 Å². The number of aromatic nitrogens is 2. The first-order chi connectivity index (χ1) is 9.02. The molecule has 98 valence electrons. The third-order valence-electron chi connectivity index (χ3n) is 2.82. The third-order valence-corrected chi connectivity index (χ3v) is 2.82. The van der Waals surface area contributed by atoms with Gasteiger partial charge < -0.3 is 9.84 Å². The van der Waals surface area contributed by atoms with Crippen LogP contribution in [0.25, 0.3) is 11.3 Å². The summed E-state index contributed by atoms with van der Waals surface area (Å²) in [5.41, 5.74) is 3.01. The number of methoxy groups -OCH3 is 1. The molecule has 0 amide bonds. The van der Waals surface area contributed by atoms with E-state index in [0.29, 0.717) is 17.0 Å². The van der Waals surface area contributed by atoms with E-state index in [1.807, 2.05) is 25.1 Å². The first kappa shape index (κ1) is 13.0.